The van der Waals surface area contributed by atoms with E-state index in [1.54, 1.807) is 0 Å². The number of amides is 1. The van der Waals surface area contributed by atoms with Gasteiger partial charge >= 0.3 is 0 Å². The number of ether oxygens (including phenoxy) is 1. The molecular weight excluding hydrogens is 266 g/mol. The monoisotopic (exact) mass is 291 g/mol. The summed E-state index contributed by atoms with van der Waals surface area (Å²) in [4.78, 5) is 16.4. The number of nitrogens with two attached hydrogens (primary N) is 1. The highest BCUT2D eigenvalue weighted by molar-refractivity contribution is 5.78. The molecule has 5 nitrogen and oxygen atoms in total. The number of nitrogens with zero attached hydrogens (tertiary/aromatic N) is 2. The third-order valence-electron chi connectivity index (χ3n) is 4.10. The average molecular weight is 291 g/mol. The molecule has 1 aliphatic heterocycles. The maximum atomic E-state index is 12.4. The summed E-state index contributed by atoms with van der Waals surface area (Å²) in [6.07, 6.45) is 0.0448. The number of hydrogen-bond donors (Lipinski definition) is 1. The first-order valence-corrected chi connectivity index (χ1v) is 7.46. The highest BCUT2D eigenvalue weighted by atomic mass is 16.5. The van der Waals surface area contributed by atoms with Crippen LogP contribution in [0.2, 0.25) is 0 Å². The number of morpholine rings is 1. The first-order chi connectivity index (χ1) is 10.1. The van der Waals surface area contributed by atoms with Crippen molar-refractivity contribution in [3.63, 3.8) is 0 Å². The van der Waals surface area contributed by atoms with Crippen LogP contribution >= 0.6 is 0 Å². The van der Waals surface area contributed by atoms with E-state index >= 15 is 0 Å². The van der Waals surface area contributed by atoms with Gasteiger partial charge in [-0.2, -0.15) is 0 Å². The molecule has 1 fully saturated rings. The van der Waals surface area contributed by atoms with Crippen LogP contribution < -0.4 is 5.73 Å². The highest BCUT2D eigenvalue weighted by Crippen LogP contribution is 2.18. The number of benzene rings is 1. The lowest BCUT2D eigenvalue weighted by Crippen LogP contribution is -2.49. The molecule has 116 valence electrons. The van der Waals surface area contributed by atoms with Crippen molar-refractivity contribution in [2.75, 3.05) is 39.8 Å². The lowest BCUT2D eigenvalue weighted by Gasteiger charge is -2.34. The third kappa shape index (κ3) is 4.27. The standard InChI is InChI=1S/C16H25N3O2/c1-13(14-6-4-3-5-7-14)18(2)16(20)12-19-8-9-21-15(10-17)11-19/h3-7,13,15H,8-12,17H2,1-2H3. The summed E-state index contributed by atoms with van der Waals surface area (Å²) in [6, 6.07) is 10.2. The van der Waals surface area contributed by atoms with E-state index in [0.717, 1.165) is 18.7 Å². The van der Waals surface area contributed by atoms with Gasteiger partial charge in [-0.15, -0.1) is 0 Å². The Balaban J connectivity index is 1.90. The molecule has 1 heterocycles. The molecule has 21 heavy (non-hydrogen) atoms. The molecule has 0 saturated carbocycles. The Hall–Kier alpha value is -1.43. The molecule has 2 rings (SSSR count). The van der Waals surface area contributed by atoms with Crippen LogP contribution in [0.1, 0.15) is 18.5 Å². The van der Waals surface area contributed by atoms with Gasteiger partial charge in [-0.05, 0) is 12.5 Å². The van der Waals surface area contributed by atoms with Gasteiger partial charge in [-0.3, -0.25) is 9.69 Å². The van der Waals surface area contributed by atoms with E-state index in [-0.39, 0.29) is 18.1 Å². The quantitative estimate of drug-likeness (QED) is 0.874. The Labute approximate surface area is 126 Å². The number of rotatable bonds is 5. The van der Waals surface area contributed by atoms with Crippen molar-refractivity contribution in [3.05, 3.63) is 35.9 Å². The predicted octanol–water partition coefficient (Wildman–Crippen LogP) is 0.866. The van der Waals surface area contributed by atoms with Crippen LogP contribution in [0, 0.1) is 0 Å². The van der Waals surface area contributed by atoms with Gasteiger partial charge in [0.25, 0.3) is 0 Å². The van der Waals surface area contributed by atoms with Gasteiger partial charge in [-0.25, -0.2) is 0 Å². The maximum absolute atomic E-state index is 12.4. The molecule has 0 spiro atoms. The molecule has 5 heteroatoms. The fourth-order valence-electron chi connectivity index (χ4n) is 2.54. The summed E-state index contributed by atoms with van der Waals surface area (Å²) in [6.45, 7) is 5.14. The van der Waals surface area contributed by atoms with E-state index in [0.29, 0.717) is 19.7 Å². The van der Waals surface area contributed by atoms with E-state index in [9.17, 15) is 4.79 Å². The van der Waals surface area contributed by atoms with Gasteiger partial charge in [0.2, 0.25) is 5.91 Å². The Morgan fingerprint density at radius 2 is 2.19 bits per heavy atom. The predicted molar refractivity (Wildman–Crippen MR) is 82.9 cm³/mol. The zero-order valence-electron chi connectivity index (χ0n) is 12.9. The summed E-state index contributed by atoms with van der Waals surface area (Å²) >= 11 is 0. The smallest absolute Gasteiger partial charge is 0.236 e. The first kappa shape index (κ1) is 15.9. The molecule has 1 saturated heterocycles. The lowest BCUT2D eigenvalue weighted by atomic mass is 10.1. The Kier molecular flexibility index (Phi) is 5.73. The van der Waals surface area contributed by atoms with Crippen LogP contribution in [0.4, 0.5) is 0 Å². The minimum atomic E-state index is 0.0448. The zero-order chi connectivity index (χ0) is 15.2. The van der Waals surface area contributed by atoms with Crippen molar-refractivity contribution in [2.45, 2.75) is 19.1 Å². The van der Waals surface area contributed by atoms with Crippen LogP contribution in [-0.2, 0) is 9.53 Å². The van der Waals surface area contributed by atoms with E-state index in [1.165, 1.54) is 0 Å². The minimum Gasteiger partial charge on any atom is -0.374 e. The molecule has 1 amide bonds. The summed E-state index contributed by atoms with van der Waals surface area (Å²) in [5, 5.41) is 0. The Morgan fingerprint density at radius 3 is 2.86 bits per heavy atom. The normalized spacial score (nSPS) is 21.0. The molecule has 1 aromatic carbocycles. The molecule has 2 N–H and O–H groups in total. The Bertz CT molecular complexity index is 452. The topological polar surface area (TPSA) is 58.8 Å². The molecule has 0 aromatic heterocycles. The molecule has 1 aromatic rings. The first-order valence-electron chi connectivity index (χ1n) is 7.46. The second kappa shape index (κ2) is 7.54. The van der Waals surface area contributed by atoms with Crippen LogP contribution in [0.15, 0.2) is 30.3 Å². The third-order valence-corrected chi connectivity index (χ3v) is 4.10. The van der Waals surface area contributed by atoms with Gasteiger partial charge in [0.05, 0.1) is 25.3 Å². The zero-order valence-corrected chi connectivity index (χ0v) is 12.9. The number of likely N-dealkylation sites (N-methyl/N-ethyl adjacent to an activating group) is 1. The Morgan fingerprint density at radius 1 is 1.48 bits per heavy atom. The van der Waals surface area contributed by atoms with Gasteiger partial charge in [0, 0.05) is 26.7 Å². The van der Waals surface area contributed by atoms with Crippen molar-refractivity contribution in [2.24, 2.45) is 5.73 Å². The number of carbonyl (C=O) groups is 1. The van der Waals surface area contributed by atoms with Crippen molar-refractivity contribution < 1.29 is 9.53 Å². The summed E-state index contributed by atoms with van der Waals surface area (Å²) in [5.74, 6) is 0.129. The van der Waals surface area contributed by atoms with Crippen LogP contribution in [0.5, 0.6) is 0 Å². The summed E-state index contributed by atoms with van der Waals surface area (Å²) in [5.41, 5.74) is 6.78. The average Bonchev–Trinajstić information content (AvgIpc) is 2.54. The molecule has 2 unspecified atom stereocenters. The summed E-state index contributed by atoms with van der Waals surface area (Å²) in [7, 11) is 1.86. The molecule has 0 radical (unpaired) electrons. The molecular formula is C16H25N3O2. The van der Waals surface area contributed by atoms with Crippen molar-refractivity contribution in [1.29, 1.82) is 0 Å². The second-order valence-electron chi connectivity index (χ2n) is 5.55. The van der Waals surface area contributed by atoms with E-state index in [2.05, 4.69) is 11.8 Å². The largest absolute Gasteiger partial charge is 0.374 e. The second-order valence-corrected chi connectivity index (χ2v) is 5.55. The SMILES string of the molecule is CC(c1ccccc1)N(C)C(=O)CN1CCOC(CN)C1. The fraction of sp³-hybridized carbons (Fsp3) is 0.562. The van der Waals surface area contributed by atoms with Gasteiger partial charge < -0.3 is 15.4 Å². The van der Waals surface area contributed by atoms with Crippen molar-refractivity contribution in [3.8, 4) is 0 Å². The van der Waals surface area contributed by atoms with Gasteiger partial charge in [0.15, 0.2) is 0 Å². The van der Waals surface area contributed by atoms with Gasteiger partial charge in [-0.1, -0.05) is 30.3 Å². The number of carbonyl (C=O) groups excluding carboxylic acids is 1. The summed E-state index contributed by atoms with van der Waals surface area (Å²) < 4.78 is 5.52. The molecule has 0 bridgehead atoms. The lowest BCUT2D eigenvalue weighted by molar-refractivity contribution is -0.134. The fourth-order valence-corrected chi connectivity index (χ4v) is 2.54. The minimum absolute atomic E-state index is 0.0448. The van der Waals surface area contributed by atoms with Crippen molar-refractivity contribution >= 4 is 5.91 Å². The van der Waals surface area contributed by atoms with Crippen LogP contribution in [0.3, 0.4) is 0 Å². The van der Waals surface area contributed by atoms with Crippen LogP contribution in [-0.4, -0.2) is 61.6 Å². The van der Waals surface area contributed by atoms with Gasteiger partial charge in [0.1, 0.15) is 0 Å². The molecule has 2 atom stereocenters. The van der Waals surface area contributed by atoms with E-state index in [1.807, 2.05) is 42.3 Å². The van der Waals surface area contributed by atoms with E-state index in [4.69, 9.17) is 10.5 Å². The molecule has 0 aliphatic carbocycles. The van der Waals surface area contributed by atoms with E-state index < -0.39 is 0 Å². The maximum Gasteiger partial charge on any atom is 0.236 e. The molecule has 1 aliphatic rings. The van der Waals surface area contributed by atoms with Crippen molar-refractivity contribution in [1.82, 2.24) is 9.80 Å². The van der Waals surface area contributed by atoms with Crippen LogP contribution in [0.25, 0.3) is 0 Å². The highest BCUT2D eigenvalue weighted by Gasteiger charge is 2.24. The number of hydrogen-bond acceptors (Lipinski definition) is 4.